The summed E-state index contributed by atoms with van der Waals surface area (Å²) in [5.41, 5.74) is 11.7. The van der Waals surface area contributed by atoms with E-state index < -0.39 is 0 Å². The maximum Gasteiger partial charge on any atom is 0.0998 e. The van der Waals surface area contributed by atoms with Crippen LogP contribution >= 0.6 is 0 Å². The molecule has 0 aliphatic carbocycles. The van der Waals surface area contributed by atoms with Gasteiger partial charge >= 0.3 is 0 Å². The van der Waals surface area contributed by atoms with E-state index >= 15 is 0 Å². The first-order chi connectivity index (χ1) is 24.7. The van der Waals surface area contributed by atoms with Crippen molar-refractivity contribution in [1.29, 1.82) is 15.8 Å². The number of fused-ring (bicyclic) bond motifs is 6. The molecule has 2 aromatic heterocycles. The van der Waals surface area contributed by atoms with Crippen molar-refractivity contribution in [2.75, 3.05) is 0 Å². The van der Waals surface area contributed by atoms with Crippen LogP contribution in [0, 0.1) is 34.0 Å². The van der Waals surface area contributed by atoms with Gasteiger partial charge in [0.05, 0.1) is 62.7 Å². The van der Waals surface area contributed by atoms with Gasteiger partial charge in [0, 0.05) is 32.8 Å². The van der Waals surface area contributed by atoms with Crippen LogP contribution in [-0.2, 0) is 0 Å². The number of nitriles is 3. The first kappa shape index (κ1) is 28.8. The quantitative estimate of drug-likeness (QED) is 0.193. The molecule has 50 heavy (non-hydrogen) atoms. The molecule has 9 rings (SSSR count). The van der Waals surface area contributed by atoms with Gasteiger partial charge in [-0.15, -0.1) is 0 Å². The minimum Gasteiger partial charge on any atom is -0.309 e. The van der Waals surface area contributed by atoms with Crippen LogP contribution < -0.4 is 0 Å². The Balaban J connectivity index is 1.14. The normalized spacial score (nSPS) is 11.1. The molecule has 5 heteroatoms. The SMILES string of the molecule is N#Cc1ccc2c(c1)c1ccccc1n2-c1ccccc1-c1ccc(-c2ccc(-n3c4ccccc4c4ccc(C#N)cc43)cc2)c(C#N)c1. The van der Waals surface area contributed by atoms with Gasteiger partial charge in [-0.2, -0.15) is 15.8 Å². The minimum absolute atomic E-state index is 0.585. The lowest BCUT2D eigenvalue weighted by atomic mass is 9.94. The molecule has 0 saturated carbocycles. The molecule has 0 fully saturated rings. The number of hydrogen-bond donors (Lipinski definition) is 0. The van der Waals surface area contributed by atoms with Gasteiger partial charge in [0.25, 0.3) is 0 Å². The van der Waals surface area contributed by atoms with Crippen molar-refractivity contribution in [1.82, 2.24) is 9.13 Å². The number of nitrogens with zero attached hydrogens (tertiary/aromatic N) is 5. The van der Waals surface area contributed by atoms with Crippen molar-refractivity contribution in [3.8, 4) is 51.8 Å². The number of benzene rings is 7. The van der Waals surface area contributed by atoms with Gasteiger partial charge in [0.15, 0.2) is 0 Å². The summed E-state index contributed by atoms with van der Waals surface area (Å²) in [6.07, 6.45) is 0. The van der Waals surface area contributed by atoms with E-state index in [9.17, 15) is 15.8 Å². The molecule has 0 aliphatic rings. The number of hydrogen-bond acceptors (Lipinski definition) is 3. The highest BCUT2D eigenvalue weighted by molar-refractivity contribution is 6.11. The molecule has 0 amide bonds. The Labute approximate surface area is 287 Å². The molecule has 7 aromatic carbocycles. The fraction of sp³-hybridized carbons (Fsp3) is 0. The van der Waals surface area contributed by atoms with Crippen molar-refractivity contribution in [2.24, 2.45) is 0 Å². The van der Waals surface area contributed by atoms with E-state index in [1.165, 1.54) is 0 Å². The van der Waals surface area contributed by atoms with Crippen LogP contribution in [0.25, 0.3) is 77.2 Å². The molecule has 230 valence electrons. The second kappa shape index (κ2) is 11.4. The molecule has 0 atom stereocenters. The second-order valence-electron chi connectivity index (χ2n) is 12.3. The number of rotatable bonds is 4. The van der Waals surface area contributed by atoms with Gasteiger partial charge in [-0.05, 0) is 83.4 Å². The highest BCUT2D eigenvalue weighted by Gasteiger charge is 2.18. The van der Waals surface area contributed by atoms with Crippen LogP contribution in [0.15, 0.2) is 152 Å². The summed E-state index contributed by atoms with van der Waals surface area (Å²) in [4.78, 5) is 0. The van der Waals surface area contributed by atoms with E-state index in [0.717, 1.165) is 77.2 Å². The fourth-order valence-electron chi connectivity index (χ4n) is 7.38. The fourth-order valence-corrected chi connectivity index (χ4v) is 7.38. The van der Waals surface area contributed by atoms with Crippen molar-refractivity contribution in [2.45, 2.75) is 0 Å². The van der Waals surface area contributed by atoms with Crippen LogP contribution in [-0.4, -0.2) is 9.13 Å². The first-order valence-corrected chi connectivity index (χ1v) is 16.3. The summed E-state index contributed by atoms with van der Waals surface area (Å²) >= 11 is 0. The summed E-state index contributed by atoms with van der Waals surface area (Å²) < 4.78 is 4.43. The molecule has 0 N–H and O–H groups in total. The van der Waals surface area contributed by atoms with Gasteiger partial charge < -0.3 is 9.13 Å². The summed E-state index contributed by atoms with van der Waals surface area (Å²) in [6.45, 7) is 0. The molecule has 0 unspecified atom stereocenters. The third-order valence-electron chi connectivity index (χ3n) is 9.64. The number of aromatic nitrogens is 2. The van der Waals surface area contributed by atoms with Crippen molar-refractivity contribution < 1.29 is 0 Å². The molecule has 0 bridgehead atoms. The first-order valence-electron chi connectivity index (χ1n) is 16.3. The Bertz CT molecular complexity index is 2960. The number of para-hydroxylation sites is 3. The molecule has 0 aliphatic heterocycles. The van der Waals surface area contributed by atoms with Gasteiger partial charge in [-0.3, -0.25) is 0 Å². The molecule has 2 heterocycles. The lowest BCUT2D eigenvalue weighted by molar-refractivity contribution is 1.18. The Morgan fingerprint density at radius 2 is 0.980 bits per heavy atom. The summed E-state index contributed by atoms with van der Waals surface area (Å²) in [7, 11) is 0. The molecule has 0 radical (unpaired) electrons. The average Bonchev–Trinajstić information content (AvgIpc) is 3.69. The highest BCUT2D eigenvalue weighted by Crippen LogP contribution is 2.38. The second-order valence-corrected chi connectivity index (χ2v) is 12.3. The van der Waals surface area contributed by atoms with Crippen LogP contribution in [0.1, 0.15) is 16.7 Å². The van der Waals surface area contributed by atoms with Gasteiger partial charge in [0.2, 0.25) is 0 Å². The van der Waals surface area contributed by atoms with Crippen LogP contribution in [0.5, 0.6) is 0 Å². The molecule has 5 nitrogen and oxygen atoms in total. The molecule has 0 spiro atoms. The smallest absolute Gasteiger partial charge is 0.0998 e. The van der Waals surface area contributed by atoms with Crippen molar-refractivity contribution >= 4 is 43.6 Å². The predicted octanol–water partition coefficient (Wildman–Crippen LogP) is 10.8. The van der Waals surface area contributed by atoms with Gasteiger partial charge in [0.1, 0.15) is 0 Å². The maximum atomic E-state index is 10.4. The maximum absolute atomic E-state index is 10.4. The molecule has 0 saturated heterocycles. The molecular formula is C45H25N5. The van der Waals surface area contributed by atoms with Gasteiger partial charge in [-0.25, -0.2) is 0 Å². The lowest BCUT2D eigenvalue weighted by Gasteiger charge is -2.15. The van der Waals surface area contributed by atoms with Crippen molar-refractivity contribution in [3.05, 3.63) is 168 Å². The summed E-state index contributed by atoms with van der Waals surface area (Å²) in [6, 6.07) is 57.8. The average molecular weight is 636 g/mol. The molecular weight excluding hydrogens is 611 g/mol. The Kier molecular flexibility index (Phi) is 6.56. The monoisotopic (exact) mass is 635 g/mol. The van der Waals surface area contributed by atoms with E-state index in [0.29, 0.717) is 16.7 Å². The van der Waals surface area contributed by atoms with E-state index in [1.54, 1.807) is 0 Å². The Hall–Kier alpha value is -7.39. The van der Waals surface area contributed by atoms with E-state index in [2.05, 4.69) is 94.1 Å². The van der Waals surface area contributed by atoms with Gasteiger partial charge in [-0.1, -0.05) is 84.9 Å². The summed E-state index contributed by atoms with van der Waals surface area (Å²) in [5, 5.41) is 34.0. The minimum atomic E-state index is 0.585. The zero-order valence-electron chi connectivity index (χ0n) is 26.7. The lowest BCUT2D eigenvalue weighted by Crippen LogP contribution is -1.98. The van der Waals surface area contributed by atoms with Crippen LogP contribution in [0.4, 0.5) is 0 Å². The standard InChI is InChI=1S/C45H25N5/c46-26-29-14-22-44-40(23-29)38-9-3-6-12-43(38)50(44)41-10-4-1-7-36(41)32-17-21-35(33(25-32)28-48)31-15-18-34(19-16-31)49-42-11-5-2-8-37(42)39-20-13-30(27-47)24-45(39)49/h1-25H. The third-order valence-corrected chi connectivity index (χ3v) is 9.64. The Morgan fingerprint density at radius 1 is 0.380 bits per heavy atom. The predicted molar refractivity (Wildman–Crippen MR) is 200 cm³/mol. The third kappa shape index (κ3) is 4.38. The zero-order chi connectivity index (χ0) is 33.8. The summed E-state index contributed by atoms with van der Waals surface area (Å²) in [5.74, 6) is 0. The largest absolute Gasteiger partial charge is 0.309 e. The zero-order valence-corrected chi connectivity index (χ0v) is 26.7. The molecule has 9 aromatic rings. The van der Waals surface area contributed by atoms with E-state index in [1.807, 2.05) is 84.9 Å². The van der Waals surface area contributed by atoms with Crippen LogP contribution in [0.3, 0.4) is 0 Å². The van der Waals surface area contributed by atoms with Crippen LogP contribution in [0.2, 0.25) is 0 Å². The van der Waals surface area contributed by atoms with Crippen molar-refractivity contribution in [3.63, 3.8) is 0 Å². The topological polar surface area (TPSA) is 81.2 Å². The Morgan fingerprint density at radius 3 is 1.74 bits per heavy atom. The van der Waals surface area contributed by atoms with E-state index in [-0.39, 0.29) is 0 Å². The highest BCUT2D eigenvalue weighted by atomic mass is 15.0. The van der Waals surface area contributed by atoms with E-state index in [4.69, 9.17) is 0 Å².